The molecule has 0 aliphatic carbocycles. The van der Waals surface area contributed by atoms with Gasteiger partial charge in [0.2, 0.25) is 5.88 Å². The van der Waals surface area contributed by atoms with Crippen molar-refractivity contribution in [1.82, 2.24) is 4.98 Å². The highest BCUT2D eigenvalue weighted by Gasteiger charge is 2.31. The van der Waals surface area contributed by atoms with E-state index in [4.69, 9.17) is 19.2 Å². The van der Waals surface area contributed by atoms with E-state index < -0.39 is 0 Å². The lowest BCUT2D eigenvalue weighted by atomic mass is 10.0. The van der Waals surface area contributed by atoms with Gasteiger partial charge in [-0.25, -0.2) is 0 Å². The zero-order valence-electron chi connectivity index (χ0n) is 20.7. The van der Waals surface area contributed by atoms with Crippen molar-refractivity contribution >= 4 is 11.5 Å². The number of ether oxygens (including phenoxy) is 3. The third kappa shape index (κ3) is 5.88. The van der Waals surface area contributed by atoms with Crippen LogP contribution in [0.5, 0.6) is 11.6 Å². The molecule has 3 heterocycles. The second-order valence-electron chi connectivity index (χ2n) is 9.59. The Bertz CT molecular complexity index is 1080. The predicted octanol–water partition coefficient (Wildman–Crippen LogP) is 4.96. The van der Waals surface area contributed by atoms with Crippen molar-refractivity contribution in [2.24, 2.45) is 5.92 Å². The topological polar surface area (TPSA) is 47.1 Å². The Morgan fingerprint density at radius 3 is 2.49 bits per heavy atom. The van der Waals surface area contributed by atoms with Crippen molar-refractivity contribution in [1.29, 1.82) is 0 Å². The minimum Gasteiger partial charge on any atom is -0.497 e. The summed E-state index contributed by atoms with van der Waals surface area (Å²) >= 11 is 0. The van der Waals surface area contributed by atoms with Crippen LogP contribution in [-0.4, -0.2) is 51.0 Å². The molecule has 2 atom stereocenters. The number of aromatic nitrogens is 1. The summed E-state index contributed by atoms with van der Waals surface area (Å²) in [5.41, 5.74) is 3.61. The van der Waals surface area contributed by atoms with Crippen LogP contribution in [0.25, 0.3) is 0 Å². The molecule has 0 spiro atoms. The summed E-state index contributed by atoms with van der Waals surface area (Å²) in [7, 11) is 1.68. The molecule has 2 aliphatic heterocycles. The molecule has 6 heteroatoms. The highest BCUT2D eigenvalue weighted by molar-refractivity contribution is 5.59. The summed E-state index contributed by atoms with van der Waals surface area (Å²) in [6.45, 7) is 7.07. The summed E-state index contributed by atoms with van der Waals surface area (Å²) < 4.78 is 17.1. The normalized spacial score (nSPS) is 20.2. The number of hydrogen-bond acceptors (Lipinski definition) is 6. The van der Waals surface area contributed by atoms with Crippen LogP contribution in [0.15, 0.2) is 66.7 Å². The first-order chi connectivity index (χ1) is 17.2. The highest BCUT2D eigenvalue weighted by Crippen LogP contribution is 2.34. The van der Waals surface area contributed by atoms with Gasteiger partial charge in [-0.1, -0.05) is 49.4 Å². The Morgan fingerprint density at radius 1 is 0.971 bits per heavy atom. The predicted molar refractivity (Wildman–Crippen MR) is 140 cm³/mol. The number of pyridine rings is 1. The van der Waals surface area contributed by atoms with E-state index in [-0.39, 0.29) is 0 Å². The molecule has 184 valence electrons. The number of morpholine rings is 1. The third-order valence-electron chi connectivity index (χ3n) is 6.93. The molecule has 0 N–H and O–H groups in total. The number of methoxy groups -OCH3 is 1. The Morgan fingerprint density at radius 2 is 1.74 bits per heavy atom. The number of benzene rings is 2. The molecule has 35 heavy (non-hydrogen) atoms. The molecular weight excluding hydrogens is 438 g/mol. The van der Waals surface area contributed by atoms with E-state index in [2.05, 4.69) is 59.2 Å². The largest absolute Gasteiger partial charge is 0.497 e. The standard InChI is InChI=1S/C29H35N3O3/c1-22-16-26(17-23-6-4-3-5-7-23)32(20-22)28-18-25(31-12-14-34-15-13-31)19-29(30-28)35-21-24-8-10-27(33-2)11-9-24/h3-11,18-19,22,26H,12-17,20-21H2,1-2H3/t22?,26-/m1/s1. The molecule has 6 nitrogen and oxygen atoms in total. The zero-order chi connectivity index (χ0) is 24.0. The first-order valence-corrected chi connectivity index (χ1v) is 12.6. The van der Waals surface area contributed by atoms with Gasteiger partial charge in [-0.2, -0.15) is 4.98 Å². The number of hydrogen-bond donors (Lipinski definition) is 0. The van der Waals surface area contributed by atoms with Gasteiger partial charge in [0.05, 0.1) is 20.3 Å². The molecule has 0 radical (unpaired) electrons. The quantitative estimate of drug-likeness (QED) is 0.461. The van der Waals surface area contributed by atoms with E-state index >= 15 is 0 Å². The Balaban J connectivity index is 1.40. The molecule has 2 aromatic carbocycles. The van der Waals surface area contributed by atoms with Gasteiger partial charge < -0.3 is 24.0 Å². The summed E-state index contributed by atoms with van der Waals surface area (Å²) in [4.78, 5) is 9.87. The van der Waals surface area contributed by atoms with Crippen LogP contribution in [-0.2, 0) is 17.8 Å². The van der Waals surface area contributed by atoms with Gasteiger partial charge in [-0.15, -0.1) is 0 Å². The minimum atomic E-state index is 0.425. The number of nitrogens with zero attached hydrogens (tertiary/aromatic N) is 3. The van der Waals surface area contributed by atoms with Crippen molar-refractivity contribution in [3.8, 4) is 11.6 Å². The van der Waals surface area contributed by atoms with E-state index in [1.807, 2.05) is 24.3 Å². The fraction of sp³-hybridized carbons (Fsp3) is 0.414. The van der Waals surface area contributed by atoms with Crippen molar-refractivity contribution in [2.45, 2.75) is 32.4 Å². The lowest BCUT2D eigenvalue weighted by Gasteiger charge is -2.31. The van der Waals surface area contributed by atoms with E-state index in [1.54, 1.807) is 7.11 Å². The SMILES string of the molecule is COc1ccc(COc2cc(N3CCOCC3)cc(N3CC(C)C[C@@H]3Cc3ccccc3)n2)cc1. The molecule has 0 bridgehead atoms. The zero-order valence-corrected chi connectivity index (χ0v) is 20.7. The fourth-order valence-electron chi connectivity index (χ4n) is 5.09. The maximum absolute atomic E-state index is 6.24. The molecule has 1 unspecified atom stereocenters. The third-order valence-corrected chi connectivity index (χ3v) is 6.93. The van der Waals surface area contributed by atoms with Gasteiger partial charge in [0.25, 0.3) is 0 Å². The lowest BCUT2D eigenvalue weighted by Crippen LogP contribution is -2.37. The molecule has 5 rings (SSSR count). The molecule has 2 aliphatic rings. The lowest BCUT2D eigenvalue weighted by molar-refractivity contribution is 0.122. The van der Waals surface area contributed by atoms with Gasteiger partial charge in [0.1, 0.15) is 18.2 Å². The first-order valence-electron chi connectivity index (χ1n) is 12.6. The van der Waals surface area contributed by atoms with Crippen LogP contribution in [0.1, 0.15) is 24.5 Å². The van der Waals surface area contributed by atoms with Gasteiger partial charge >= 0.3 is 0 Å². The average molecular weight is 474 g/mol. The fourth-order valence-corrected chi connectivity index (χ4v) is 5.09. The average Bonchev–Trinajstić information content (AvgIpc) is 3.28. The van der Waals surface area contributed by atoms with Crippen LogP contribution in [0, 0.1) is 5.92 Å². The Labute approximate surface area is 208 Å². The second-order valence-corrected chi connectivity index (χ2v) is 9.59. The summed E-state index contributed by atoms with van der Waals surface area (Å²) in [5, 5.41) is 0. The minimum absolute atomic E-state index is 0.425. The highest BCUT2D eigenvalue weighted by atomic mass is 16.5. The van der Waals surface area contributed by atoms with Gasteiger partial charge in [0.15, 0.2) is 0 Å². The number of anilines is 2. The van der Waals surface area contributed by atoms with E-state index in [9.17, 15) is 0 Å². The van der Waals surface area contributed by atoms with Gasteiger partial charge in [-0.05, 0) is 42.0 Å². The molecule has 0 amide bonds. The Hall–Kier alpha value is -3.25. The van der Waals surface area contributed by atoms with E-state index in [0.717, 1.165) is 62.1 Å². The second kappa shape index (κ2) is 11.0. The van der Waals surface area contributed by atoms with Crippen LogP contribution >= 0.6 is 0 Å². The summed E-state index contributed by atoms with van der Waals surface area (Å²) in [5.74, 6) is 3.14. The van der Waals surface area contributed by atoms with Gasteiger partial charge in [0, 0.05) is 43.5 Å². The van der Waals surface area contributed by atoms with Gasteiger partial charge in [-0.3, -0.25) is 0 Å². The van der Waals surface area contributed by atoms with Crippen LogP contribution in [0.2, 0.25) is 0 Å². The summed E-state index contributed by atoms with van der Waals surface area (Å²) in [6, 6.07) is 23.5. The monoisotopic (exact) mass is 473 g/mol. The van der Waals surface area contributed by atoms with Crippen LogP contribution in [0.3, 0.4) is 0 Å². The summed E-state index contributed by atoms with van der Waals surface area (Å²) in [6.07, 6.45) is 2.19. The maximum Gasteiger partial charge on any atom is 0.217 e. The molecular formula is C29H35N3O3. The van der Waals surface area contributed by atoms with Crippen molar-refractivity contribution in [3.05, 3.63) is 77.9 Å². The molecule has 1 aromatic heterocycles. The van der Waals surface area contributed by atoms with Crippen LogP contribution in [0.4, 0.5) is 11.5 Å². The Kier molecular flexibility index (Phi) is 7.38. The van der Waals surface area contributed by atoms with Crippen molar-refractivity contribution < 1.29 is 14.2 Å². The van der Waals surface area contributed by atoms with E-state index in [1.165, 1.54) is 12.0 Å². The first kappa shape index (κ1) is 23.5. The molecule has 2 fully saturated rings. The molecule has 0 saturated carbocycles. The van der Waals surface area contributed by atoms with E-state index in [0.29, 0.717) is 24.4 Å². The smallest absolute Gasteiger partial charge is 0.217 e. The van der Waals surface area contributed by atoms with Crippen molar-refractivity contribution in [3.63, 3.8) is 0 Å². The molecule has 3 aromatic rings. The maximum atomic E-state index is 6.24. The molecule has 2 saturated heterocycles. The van der Waals surface area contributed by atoms with Crippen molar-refractivity contribution in [2.75, 3.05) is 49.8 Å². The number of rotatable bonds is 8. The van der Waals surface area contributed by atoms with Crippen LogP contribution < -0.4 is 19.3 Å².